The van der Waals surface area contributed by atoms with E-state index in [0.29, 0.717) is 0 Å². The molecule has 1 atom stereocenters. The lowest BCUT2D eigenvalue weighted by molar-refractivity contribution is -0.117. The number of hydrogen-bond donors (Lipinski definition) is 1. The van der Waals surface area contributed by atoms with Gasteiger partial charge in [-0.05, 0) is 6.92 Å². The van der Waals surface area contributed by atoms with Crippen LogP contribution in [0.4, 0.5) is 0 Å². The summed E-state index contributed by atoms with van der Waals surface area (Å²) in [6.07, 6.45) is 0. The van der Waals surface area contributed by atoms with E-state index in [-0.39, 0.29) is 12.6 Å². The van der Waals surface area contributed by atoms with Crippen LogP contribution in [0.25, 0.3) is 0 Å². The van der Waals surface area contributed by atoms with Gasteiger partial charge in [0.1, 0.15) is 0 Å². The first-order valence-corrected chi connectivity index (χ1v) is 2.03. The molecule has 1 fully saturated rings. The number of rotatable bonds is 1. The monoisotopic (exact) mass is 102 g/mol. The van der Waals surface area contributed by atoms with Gasteiger partial charge in [-0.15, -0.1) is 0 Å². The Morgan fingerprint density at radius 3 is 2.43 bits per heavy atom. The molecule has 0 unspecified atom stereocenters. The highest BCUT2D eigenvalue weighted by atomic mass is 16.7. The van der Waals surface area contributed by atoms with Gasteiger partial charge in [0.15, 0.2) is 0 Å². The molecule has 1 aliphatic rings. The van der Waals surface area contributed by atoms with Gasteiger partial charge in [0.25, 0.3) is 0 Å². The van der Waals surface area contributed by atoms with Gasteiger partial charge in [-0.2, -0.15) is 0 Å². The fraction of sp³-hybridized carbons (Fsp3) is 0.750. The molecule has 0 aromatic heterocycles. The van der Waals surface area contributed by atoms with Crippen LogP contribution in [-0.2, 0) is 9.53 Å². The average Bonchev–Trinajstić information content (AvgIpc) is 2.18. The van der Waals surface area contributed by atoms with Crippen molar-refractivity contribution in [1.29, 1.82) is 0 Å². The normalized spacial score (nSPS) is 37.7. The van der Waals surface area contributed by atoms with Gasteiger partial charge in [0.05, 0.1) is 6.61 Å². The first-order chi connectivity index (χ1) is 3.19. The van der Waals surface area contributed by atoms with Crippen LogP contribution in [-0.4, -0.2) is 23.3 Å². The molecule has 1 heterocycles. The zero-order valence-corrected chi connectivity index (χ0v) is 3.97. The molecule has 7 heavy (non-hydrogen) atoms. The van der Waals surface area contributed by atoms with Gasteiger partial charge in [-0.25, -0.2) is 4.79 Å². The summed E-state index contributed by atoms with van der Waals surface area (Å²) in [6, 6.07) is 0. The van der Waals surface area contributed by atoms with E-state index in [1.807, 2.05) is 0 Å². The van der Waals surface area contributed by atoms with Crippen molar-refractivity contribution in [2.24, 2.45) is 0 Å². The summed E-state index contributed by atoms with van der Waals surface area (Å²) in [4.78, 5) is 10.1. The van der Waals surface area contributed by atoms with E-state index in [2.05, 4.69) is 4.74 Å². The molecule has 1 N–H and O–H groups in total. The molecule has 0 radical (unpaired) electrons. The van der Waals surface area contributed by atoms with Crippen LogP contribution in [0, 0.1) is 0 Å². The van der Waals surface area contributed by atoms with E-state index in [0.717, 1.165) is 0 Å². The third-order valence-electron chi connectivity index (χ3n) is 1.01. The lowest BCUT2D eigenvalue weighted by atomic mass is 10.2. The maximum absolute atomic E-state index is 10.1. The van der Waals surface area contributed by atoms with Crippen molar-refractivity contribution >= 4 is 5.97 Å². The molecule has 40 valence electrons. The van der Waals surface area contributed by atoms with Crippen LogP contribution in [0.3, 0.4) is 0 Å². The maximum Gasteiger partial charge on any atom is 0.353 e. The summed E-state index contributed by atoms with van der Waals surface area (Å²) < 4.78 is 4.36. The van der Waals surface area contributed by atoms with E-state index in [1.165, 1.54) is 0 Å². The molecule has 0 aliphatic carbocycles. The minimum absolute atomic E-state index is 0.203. The van der Waals surface area contributed by atoms with Crippen LogP contribution in [0.15, 0.2) is 0 Å². The smallest absolute Gasteiger partial charge is 0.353 e. The number of epoxide rings is 1. The Kier molecular flexibility index (Phi) is 0.642. The number of ether oxygens (including phenoxy) is 1. The molecule has 1 rings (SSSR count). The number of carbonyl (C=O) groups excluding carboxylic acids is 1. The SMILES string of the molecule is C[C@]1(CO)OC1=O. The van der Waals surface area contributed by atoms with Gasteiger partial charge >= 0.3 is 5.97 Å². The van der Waals surface area contributed by atoms with Crippen LogP contribution < -0.4 is 0 Å². The maximum atomic E-state index is 10.1. The fourth-order valence-electron chi connectivity index (χ4n) is 0.276. The van der Waals surface area contributed by atoms with Crippen molar-refractivity contribution in [2.75, 3.05) is 6.61 Å². The molecule has 0 bridgehead atoms. The topological polar surface area (TPSA) is 49.8 Å². The van der Waals surface area contributed by atoms with Crippen molar-refractivity contribution in [3.63, 3.8) is 0 Å². The molecular weight excluding hydrogens is 96.0 g/mol. The van der Waals surface area contributed by atoms with E-state index < -0.39 is 5.60 Å². The highest BCUT2D eigenvalue weighted by molar-refractivity contribution is 5.92. The summed E-state index contributed by atoms with van der Waals surface area (Å²) in [6.45, 7) is 1.35. The number of aliphatic hydroxyl groups is 1. The minimum Gasteiger partial charge on any atom is -0.442 e. The Balaban J connectivity index is 2.52. The van der Waals surface area contributed by atoms with E-state index in [9.17, 15) is 4.79 Å². The second kappa shape index (κ2) is 0.980. The van der Waals surface area contributed by atoms with Gasteiger partial charge in [-0.3, -0.25) is 0 Å². The summed E-state index contributed by atoms with van der Waals surface area (Å²) in [5.41, 5.74) is -0.833. The van der Waals surface area contributed by atoms with E-state index in [4.69, 9.17) is 5.11 Å². The number of aliphatic hydroxyl groups excluding tert-OH is 1. The summed E-state index contributed by atoms with van der Waals surface area (Å²) in [7, 11) is 0. The Labute approximate surface area is 40.9 Å². The zero-order chi connectivity index (χ0) is 5.49. The number of carbonyl (C=O) groups is 1. The van der Waals surface area contributed by atoms with Crippen molar-refractivity contribution in [3.8, 4) is 0 Å². The van der Waals surface area contributed by atoms with Crippen molar-refractivity contribution in [3.05, 3.63) is 0 Å². The van der Waals surface area contributed by atoms with Gasteiger partial charge in [0.2, 0.25) is 5.60 Å². The predicted molar refractivity (Wildman–Crippen MR) is 21.6 cm³/mol. The highest BCUT2D eigenvalue weighted by Crippen LogP contribution is 2.26. The van der Waals surface area contributed by atoms with Crippen LogP contribution >= 0.6 is 0 Å². The predicted octanol–water partition coefficient (Wildman–Crippen LogP) is -0.706. The third kappa shape index (κ3) is 0.489. The largest absolute Gasteiger partial charge is 0.442 e. The standard InChI is InChI=1S/C4H6O3/c1-4(2-5)3(6)7-4/h5H,2H2,1H3/t4-/m1/s1. The van der Waals surface area contributed by atoms with Crippen LogP contribution in [0.5, 0.6) is 0 Å². The Bertz CT molecular complexity index is 110. The summed E-state index contributed by atoms with van der Waals surface area (Å²) in [5.74, 6) is -0.310. The quantitative estimate of drug-likeness (QED) is 0.445. The molecule has 0 spiro atoms. The Morgan fingerprint density at radius 2 is 2.43 bits per heavy atom. The molecule has 3 nitrogen and oxygen atoms in total. The summed E-state index contributed by atoms with van der Waals surface area (Å²) in [5, 5.41) is 8.29. The van der Waals surface area contributed by atoms with Gasteiger partial charge in [-0.1, -0.05) is 0 Å². The van der Waals surface area contributed by atoms with Gasteiger partial charge < -0.3 is 9.84 Å². The second-order valence-electron chi connectivity index (χ2n) is 1.78. The second-order valence-corrected chi connectivity index (χ2v) is 1.78. The molecule has 0 aromatic carbocycles. The molecule has 0 amide bonds. The number of cyclic esters (lactones) is 1. The first-order valence-electron chi connectivity index (χ1n) is 2.03. The highest BCUT2D eigenvalue weighted by Gasteiger charge is 2.52. The molecular formula is C4H6O3. The lowest BCUT2D eigenvalue weighted by Crippen LogP contribution is -2.11. The van der Waals surface area contributed by atoms with E-state index >= 15 is 0 Å². The lowest BCUT2D eigenvalue weighted by Gasteiger charge is -1.87. The first kappa shape index (κ1) is 4.59. The van der Waals surface area contributed by atoms with Crippen molar-refractivity contribution < 1.29 is 14.6 Å². The molecule has 3 heteroatoms. The van der Waals surface area contributed by atoms with Crippen molar-refractivity contribution in [1.82, 2.24) is 0 Å². The van der Waals surface area contributed by atoms with Crippen LogP contribution in [0.2, 0.25) is 0 Å². The third-order valence-corrected chi connectivity index (χ3v) is 1.01. The summed E-state index contributed by atoms with van der Waals surface area (Å²) >= 11 is 0. The Morgan fingerprint density at radius 1 is 2.00 bits per heavy atom. The van der Waals surface area contributed by atoms with Crippen LogP contribution in [0.1, 0.15) is 6.92 Å². The zero-order valence-electron chi connectivity index (χ0n) is 3.97. The molecule has 1 aliphatic heterocycles. The number of hydrogen-bond acceptors (Lipinski definition) is 3. The Hall–Kier alpha value is -0.570. The van der Waals surface area contributed by atoms with E-state index in [1.54, 1.807) is 6.92 Å². The van der Waals surface area contributed by atoms with Gasteiger partial charge in [0, 0.05) is 0 Å². The molecule has 0 aromatic rings. The minimum atomic E-state index is -0.833. The fourth-order valence-corrected chi connectivity index (χ4v) is 0.276. The van der Waals surface area contributed by atoms with Crippen molar-refractivity contribution in [2.45, 2.75) is 12.5 Å². The molecule has 1 saturated heterocycles. The average molecular weight is 102 g/mol. The molecule has 0 saturated carbocycles.